The molecule has 0 bridgehead atoms. The molecule has 1 aliphatic rings. The van der Waals surface area contributed by atoms with Gasteiger partial charge < -0.3 is 5.32 Å². The van der Waals surface area contributed by atoms with Gasteiger partial charge in [-0.1, -0.05) is 6.42 Å². The highest BCUT2D eigenvalue weighted by molar-refractivity contribution is 7.89. The number of nitrogens with zero attached hydrogens (tertiary/aromatic N) is 1. The van der Waals surface area contributed by atoms with Gasteiger partial charge >= 0.3 is 0 Å². The van der Waals surface area contributed by atoms with Gasteiger partial charge in [0.15, 0.2) is 0 Å². The van der Waals surface area contributed by atoms with Crippen LogP contribution in [-0.4, -0.2) is 45.2 Å². The zero-order valence-electron chi connectivity index (χ0n) is 8.83. The quantitative estimate of drug-likeness (QED) is 0.683. The van der Waals surface area contributed by atoms with Crippen molar-refractivity contribution in [2.24, 2.45) is 0 Å². The minimum Gasteiger partial charge on any atom is -0.320 e. The molecular weight excluding hydrogens is 200 g/mol. The first-order valence-electron chi connectivity index (χ1n) is 5.29. The van der Waals surface area contributed by atoms with Gasteiger partial charge in [-0.3, -0.25) is 0 Å². The van der Waals surface area contributed by atoms with Gasteiger partial charge in [0.1, 0.15) is 0 Å². The fourth-order valence-electron chi connectivity index (χ4n) is 1.70. The summed E-state index contributed by atoms with van der Waals surface area (Å²) in [6.45, 7) is 2.22. The van der Waals surface area contributed by atoms with E-state index in [0.29, 0.717) is 6.42 Å². The lowest BCUT2D eigenvalue weighted by molar-refractivity contribution is 0.346. The SMILES string of the molecule is CNCCCS(=O)(=O)N1CCCCC1. The van der Waals surface area contributed by atoms with Crippen molar-refractivity contribution in [3.05, 3.63) is 0 Å². The fraction of sp³-hybridized carbons (Fsp3) is 1.00. The van der Waals surface area contributed by atoms with Crippen molar-refractivity contribution in [3.63, 3.8) is 0 Å². The summed E-state index contributed by atoms with van der Waals surface area (Å²) in [6, 6.07) is 0. The van der Waals surface area contributed by atoms with Gasteiger partial charge in [0, 0.05) is 13.1 Å². The van der Waals surface area contributed by atoms with E-state index in [0.717, 1.165) is 32.5 Å². The predicted molar refractivity (Wildman–Crippen MR) is 57.8 cm³/mol. The highest BCUT2D eigenvalue weighted by atomic mass is 32.2. The maximum absolute atomic E-state index is 11.8. The van der Waals surface area contributed by atoms with Crippen LogP contribution in [0.4, 0.5) is 0 Å². The molecule has 0 aromatic carbocycles. The maximum Gasteiger partial charge on any atom is 0.214 e. The van der Waals surface area contributed by atoms with Crippen LogP contribution >= 0.6 is 0 Å². The van der Waals surface area contributed by atoms with Gasteiger partial charge in [-0.05, 0) is 32.9 Å². The standard InChI is InChI=1S/C9H20N2O2S/c1-10-6-5-9-14(12,13)11-7-3-2-4-8-11/h10H,2-9H2,1H3. The Kier molecular flexibility index (Phi) is 4.84. The second-order valence-electron chi connectivity index (χ2n) is 3.73. The third-order valence-corrected chi connectivity index (χ3v) is 4.49. The molecule has 0 atom stereocenters. The molecule has 84 valence electrons. The zero-order valence-corrected chi connectivity index (χ0v) is 9.65. The van der Waals surface area contributed by atoms with E-state index < -0.39 is 10.0 Å². The second kappa shape index (κ2) is 5.68. The number of sulfonamides is 1. The van der Waals surface area contributed by atoms with Gasteiger partial charge in [-0.2, -0.15) is 0 Å². The first kappa shape index (κ1) is 11.9. The molecule has 0 amide bonds. The molecular formula is C9H20N2O2S. The van der Waals surface area contributed by atoms with Crippen LogP contribution in [0.15, 0.2) is 0 Å². The van der Waals surface area contributed by atoms with Crippen molar-refractivity contribution in [2.45, 2.75) is 25.7 Å². The summed E-state index contributed by atoms with van der Waals surface area (Å²) in [5.41, 5.74) is 0. The minimum absolute atomic E-state index is 0.286. The van der Waals surface area contributed by atoms with Crippen LogP contribution in [0.1, 0.15) is 25.7 Å². The lowest BCUT2D eigenvalue weighted by atomic mass is 10.2. The highest BCUT2D eigenvalue weighted by Crippen LogP contribution is 2.13. The van der Waals surface area contributed by atoms with E-state index in [2.05, 4.69) is 5.32 Å². The number of hydrogen-bond acceptors (Lipinski definition) is 3. The predicted octanol–water partition coefficient (Wildman–Crippen LogP) is 0.412. The van der Waals surface area contributed by atoms with Crippen molar-refractivity contribution in [1.82, 2.24) is 9.62 Å². The Bertz CT molecular complexity index is 246. The largest absolute Gasteiger partial charge is 0.320 e. The van der Waals surface area contributed by atoms with E-state index in [1.54, 1.807) is 4.31 Å². The number of hydrogen-bond donors (Lipinski definition) is 1. The van der Waals surface area contributed by atoms with Gasteiger partial charge in [0.2, 0.25) is 10.0 Å². The molecule has 0 aliphatic carbocycles. The summed E-state index contributed by atoms with van der Waals surface area (Å²) in [6.07, 6.45) is 3.91. The normalized spacial score (nSPS) is 19.8. The zero-order chi connectivity index (χ0) is 10.4. The average Bonchev–Trinajstić information content (AvgIpc) is 2.19. The van der Waals surface area contributed by atoms with Gasteiger partial charge in [-0.25, -0.2) is 12.7 Å². The molecule has 0 saturated carbocycles. The van der Waals surface area contributed by atoms with Crippen LogP contribution in [0, 0.1) is 0 Å². The lowest BCUT2D eigenvalue weighted by Crippen LogP contribution is -2.37. The summed E-state index contributed by atoms with van der Waals surface area (Å²) in [5.74, 6) is 0.286. The lowest BCUT2D eigenvalue weighted by Gasteiger charge is -2.25. The Morgan fingerprint density at radius 2 is 1.86 bits per heavy atom. The molecule has 1 saturated heterocycles. The monoisotopic (exact) mass is 220 g/mol. The van der Waals surface area contributed by atoms with Crippen LogP contribution in [0.3, 0.4) is 0 Å². The molecule has 0 unspecified atom stereocenters. The molecule has 1 rings (SSSR count). The van der Waals surface area contributed by atoms with Gasteiger partial charge in [0.25, 0.3) is 0 Å². The number of rotatable bonds is 5. The maximum atomic E-state index is 11.8. The summed E-state index contributed by atoms with van der Waals surface area (Å²) in [4.78, 5) is 0. The Balaban J connectivity index is 2.38. The topological polar surface area (TPSA) is 49.4 Å². The van der Waals surface area contributed by atoms with Crippen LogP contribution < -0.4 is 5.32 Å². The number of nitrogens with one attached hydrogen (secondary N) is 1. The molecule has 1 N–H and O–H groups in total. The Morgan fingerprint density at radius 3 is 2.43 bits per heavy atom. The molecule has 0 radical (unpaired) electrons. The molecule has 1 fully saturated rings. The fourth-order valence-corrected chi connectivity index (χ4v) is 3.29. The molecule has 1 heterocycles. The van der Waals surface area contributed by atoms with Crippen molar-refractivity contribution in [1.29, 1.82) is 0 Å². The van der Waals surface area contributed by atoms with E-state index in [-0.39, 0.29) is 5.75 Å². The Hall–Kier alpha value is -0.130. The molecule has 0 aromatic rings. The number of piperidine rings is 1. The minimum atomic E-state index is -2.96. The van der Waals surface area contributed by atoms with Gasteiger partial charge in [0.05, 0.1) is 5.75 Å². The van der Waals surface area contributed by atoms with E-state index in [1.807, 2.05) is 7.05 Å². The molecule has 0 aromatic heterocycles. The molecule has 1 aliphatic heterocycles. The van der Waals surface area contributed by atoms with Crippen molar-refractivity contribution < 1.29 is 8.42 Å². The first-order valence-corrected chi connectivity index (χ1v) is 6.90. The average molecular weight is 220 g/mol. The van der Waals surface area contributed by atoms with Crippen molar-refractivity contribution in [3.8, 4) is 0 Å². The van der Waals surface area contributed by atoms with Crippen LogP contribution in [0.25, 0.3) is 0 Å². The van der Waals surface area contributed by atoms with E-state index >= 15 is 0 Å². The first-order chi connectivity index (χ1) is 6.67. The van der Waals surface area contributed by atoms with Crippen LogP contribution in [-0.2, 0) is 10.0 Å². The molecule has 4 nitrogen and oxygen atoms in total. The molecule has 14 heavy (non-hydrogen) atoms. The van der Waals surface area contributed by atoms with Gasteiger partial charge in [-0.15, -0.1) is 0 Å². The van der Waals surface area contributed by atoms with E-state index in [9.17, 15) is 8.42 Å². The summed E-state index contributed by atoms with van der Waals surface area (Å²) in [7, 11) is -1.12. The van der Waals surface area contributed by atoms with Crippen LogP contribution in [0.5, 0.6) is 0 Å². The smallest absolute Gasteiger partial charge is 0.214 e. The van der Waals surface area contributed by atoms with Crippen molar-refractivity contribution >= 4 is 10.0 Å². The summed E-state index contributed by atoms with van der Waals surface area (Å²) in [5, 5.41) is 2.96. The van der Waals surface area contributed by atoms with E-state index in [4.69, 9.17) is 0 Å². The highest BCUT2D eigenvalue weighted by Gasteiger charge is 2.22. The summed E-state index contributed by atoms with van der Waals surface area (Å²) < 4.78 is 25.2. The second-order valence-corrected chi connectivity index (χ2v) is 5.82. The third-order valence-electron chi connectivity index (χ3n) is 2.54. The molecule has 5 heteroatoms. The third kappa shape index (κ3) is 3.55. The summed E-state index contributed by atoms with van der Waals surface area (Å²) >= 11 is 0. The van der Waals surface area contributed by atoms with Crippen LogP contribution in [0.2, 0.25) is 0 Å². The van der Waals surface area contributed by atoms with E-state index in [1.165, 1.54) is 6.42 Å². The molecule has 0 spiro atoms. The van der Waals surface area contributed by atoms with Crippen molar-refractivity contribution in [2.75, 3.05) is 32.4 Å². The Morgan fingerprint density at radius 1 is 1.21 bits per heavy atom. The Labute approximate surface area is 86.7 Å².